The molecular formula is C12H22N2O4. The van der Waals surface area contributed by atoms with Crippen LogP contribution in [-0.4, -0.2) is 53.3 Å². The zero-order chi connectivity index (χ0) is 13.8. The van der Waals surface area contributed by atoms with E-state index in [0.717, 1.165) is 19.4 Å². The van der Waals surface area contributed by atoms with E-state index in [4.69, 9.17) is 9.84 Å². The maximum absolute atomic E-state index is 12.0. The second kappa shape index (κ2) is 6.04. The number of aliphatic carboxylic acids is 1. The van der Waals surface area contributed by atoms with Crippen molar-refractivity contribution in [3.05, 3.63) is 0 Å². The van der Waals surface area contributed by atoms with Gasteiger partial charge in [-0.15, -0.1) is 0 Å². The van der Waals surface area contributed by atoms with Crippen LogP contribution in [-0.2, 0) is 9.53 Å². The molecular weight excluding hydrogens is 236 g/mol. The summed E-state index contributed by atoms with van der Waals surface area (Å²) >= 11 is 0. The van der Waals surface area contributed by atoms with Crippen LogP contribution in [0.4, 0.5) is 4.79 Å². The van der Waals surface area contributed by atoms with Gasteiger partial charge in [0.25, 0.3) is 0 Å². The number of carbonyl (C=O) groups excluding carboxylic acids is 1. The fourth-order valence-corrected chi connectivity index (χ4v) is 1.79. The molecule has 1 fully saturated rings. The zero-order valence-electron chi connectivity index (χ0n) is 11.2. The standard InChI is InChI=1S/C12H22N2O4/c1-4-14(8-9-6-5-7-18-9)11(17)13-12(2,3)10(15)16/h9H,4-8H2,1-3H3,(H,13,17)(H,15,16). The monoisotopic (exact) mass is 258 g/mol. The molecule has 1 aliphatic rings. The van der Waals surface area contributed by atoms with Gasteiger partial charge < -0.3 is 20.1 Å². The molecule has 1 unspecified atom stereocenters. The fraction of sp³-hybridized carbons (Fsp3) is 0.833. The van der Waals surface area contributed by atoms with Crippen molar-refractivity contribution in [3.63, 3.8) is 0 Å². The van der Waals surface area contributed by atoms with Crippen molar-refractivity contribution in [3.8, 4) is 0 Å². The molecule has 0 aromatic carbocycles. The SMILES string of the molecule is CCN(CC1CCCO1)C(=O)NC(C)(C)C(=O)O. The molecule has 18 heavy (non-hydrogen) atoms. The summed E-state index contributed by atoms with van der Waals surface area (Å²) < 4.78 is 5.48. The molecule has 2 N–H and O–H groups in total. The maximum atomic E-state index is 12.0. The van der Waals surface area contributed by atoms with Gasteiger partial charge >= 0.3 is 12.0 Å². The lowest BCUT2D eigenvalue weighted by Gasteiger charge is -2.29. The lowest BCUT2D eigenvalue weighted by molar-refractivity contribution is -0.143. The molecule has 104 valence electrons. The number of carboxylic acid groups (broad SMARTS) is 1. The molecule has 1 rings (SSSR count). The molecule has 1 atom stereocenters. The van der Waals surface area contributed by atoms with Crippen LogP contribution < -0.4 is 5.32 Å². The fourth-order valence-electron chi connectivity index (χ4n) is 1.79. The van der Waals surface area contributed by atoms with Crippen molar-refractivity contribution in [1.82, 2.24) is 10.2 Å². The molecule has 0 aromatic heterocycles. The minimum absolute atomic E-state index is 0.0728. The molecule has 0 saturated carbocycles. The van der Waals surface area contributed by atoms with Crippen molar-refractivity contribution >= 4 is 12.0 Å². The van der Waals surface area contributed by atoms with Gasteiger partial charge in [0.15, 0.2) is 0 Å². The van der Waals surface area contributed by atoms with Crippen LogP contribution in [0.15, 0.2) is 0 Å². The Kier molecular flexibility index (Phi) is 4.95. The number of carbonyl (C=O) groups is 2. The van der Waals surface area contributed by atoms with Gasteiger partial charge in [-0.2, -0.15) is 0 Å². The topological polar surface area (TPSA) is 78.9 Å². The van der Waals surface area contributed by atoms with Gasteiger partial charge in [0.1, 0.15) is 5.54 Å². The van der Waals surface area contributed by atoms with E-state index in [1.54, 1.807) is 4.90 Å². The lowest BCUT2D eigenvalue weighted by Crippen LogP contribution is -2.55. The van der Waals surface area contributed by atoms with Crippen LogP contribution in [0.2, 0.25) is 0 Å². The smallest absolute Gasteiger partial charge is 0.328 e. The molecule has 0 aromatic rings. The second-order valence-electron chi connectivity index (χ2n) is 5.03. The number of amides is 2. The van der Waals surface area contributed by atoms with E-state index >= 15 is 0 Å². The summed E-state index contributed by atoms with van der Waals surface area (Å²) in [7, 11) is 0. The van der Waals surface area contributed by atoms with Crippen molar-refractivity contribution in [1.29, 1.82) is 0 Å². The third-order valence-corrected chi connectivity index (χ3v) is 3.07. The van der Waals surface area contributed by atoms with Crippen LogP contribution in [0, 0.1) is 0 Å². The highest BCUT2D eigenvalue weighted by molar-refractivity contribution is 5.85. The van der Waals surface area contributed by atoms with Crippen LogP contribution in [0.5, 0.6) is 0 Å². The zero-order valence-corrected chi connectivity index (χ0v) is 11.2. The van der Waals surface area contributed by atoms with Gasteiger partial charge in [0.05, 0.1) is 6.10 Å². The Morgan fingerprint density at radius 1 is 1.50 bits per heavy atom. The number of carboxylic acids is 1. The molecule has 6 nitrogen and oxygen atoms in total. The Morgan fingerprint density at radius 2 is 2.17 bits per heavy atom. The van der Waals surface area contributed by atoms with E-state index in [1.807, 2.05) is 6.92 Å². The number of ether oxygens (including phenoxy) is 1. The normalized spacial score (nSPS) is 19.6. The van der Waals surface area contributed by atoms with Crippen LogP contribution >= 0.6 is 0 Å². The summed E-state index contributed by atoms with van der Waals surface area (Å²) in [5.74, 6) is -1.05. The highest BCUT2D eigenvalue weighted by Crippen LogP contribution is 2.14. The molecule has 0 bridgehead atoms. The van der Waals surface area contributed by atoms with Crippen LogP contribution in [0.1, 0.15) is 33.6 Å². The highest BCUT2D eigenvalue weighted by atomic mass is 16.5. The molecule has 0 spiro atoms. The molecule has 2 amide bonds. The Hall–Kier alpha value is -1.30. The number of hydrogen-bond donors (Lipinski definition) is 2. The predicted octanol–water partition coefficient (Wildman–Crippen LogP) is 1.06. The average Bonchev–Trinajstić information content (AvgIpc) is 2.77. The third kappa shape index (κ3) is 3.87. The van der Waals surface area contributed by atoms with E-state index in [2.05, 4.69) is 5.32 Å². The predicted molar refractivity (Wildman–Crippen MR) is 66.5 cm³/mol. The van der Waals surface area contributed by atoms with Crippen molar-refractivity contribution in [2.75, 3.05) is 19.7 Å². The summed E-state index contributed by atoms with van der Waals surface area (Å²) in [5, 5.41) is 11.5. The Bertz CT molecular complexity index is 311. The van der Waals surface area contributed by atoms with Crippen molar-refractivity contribution in [2.24, 2.45) is 0 Å². The first-order chi connectivity index (χ1) is 8.36. The van der Waals surface area contributed by atoms with E-state index in [1.165, 1.54) is 13.8 Å². The number of urea groups is 1. The van der Waals surface area contributed by atoms with Gasteiger partial charge in [-0.25, -0.2) is 9.59 Å². The highest BCUT2D eigenvalue weighted by Gasteiger charge is 2.31. The first-order valence-corrected chi connectivity index (χ1v) is 6.29. The Labute approximate surface area is 107 Å². The summed E-state index contributed by atoms with van der Waals surface area (Å²) in [5.41, 5.74) is -1.26. The molecule has 0 radical (unpaired) electrons. The molecule has 1 heterocycles. The van der Waals surface area contributed by atoms with E-state index in [-0.39, 0.29) is 12.1 Å². The third-order valence-electron chi connectivity index (χ3n) is 3.07. The number of rotatable bonds is 5. The lowest BCUT2D eigenvalue weighted by atomic mass is 10.1. The van der Waals surface area contributed by atoms with Gasteiger partial charge in [-0.05, 0) is 33.6 Å². The minimum atomic E-state index is -1.26. The van der Waals surface area contributed by atoms with Gasteiger partial charge in [-0.3, -0.25) is 0 Å². The number of nitrogens with one attached hydrogen (secondary N) is 1. The Morgan fingerprint density at radius 3 is 2.61 bits per heavy atom. The first kappa shape index (κ1) is 14.8. The van der Waals surface area contributed by atoms with Gasteiger partial charge in [0.2, 0.25) is 0 Å². The summed E-state index contributed by atoms with van der Waals surface area (Å²) in [6.45, 7) is 6.58. The number of hydrogen-bond acceptors (Lipinski definition) is 3. The van der Waals surface area contributed by atoms with Crippen molar-refractivity contribution < 1.29 is 19.4 Å². The van der Waals surface area contributed by atoms with E-state index in [9.17, 15) is 9.59 Å². The van der Waals surface area contributed by atoms with E-state index < -0.39 is 11.5 Å². The molecule has 0 aliphatic carbocycles. The second-order valence-corrected chi connectivity index (χ2v) is 5.03. The molecule has 1 aliphatic heterocycles. The number of nitrogens with zero attached hydrogens (tertiary/aromatic N) is 1. The maximum Gasteiger partial charge on any atom is 0.328 e. The largest absolute Gasteiger partial charge is 0.480 e. The average molecular weight is 258 g/mol. The Balaban J connectivity index is 2.53. The summed E-state index contributed by atoms with van der Waals surface area (Å²) in [4.78, 5) is 24.5. The molecule has 6 heteroatoms. The minimum Gasteiger partial charge on any atom is -0.480 e. The summed E-state index contributed by atoms with van der Waals surface area (Å²) in [6, 6.07) is -0.361. The van der Waals surface area contributed by atoms with Gasteiger partial charge in [0, 0.05) is 19.7 Å². The van der Waals surface area contributed by atoms with Crippen molar-refractivity contribution in [2.45, 2.75) is 45.3 Å². The van der Waals surface area contributed by atoms with Gasteiger partial charge in [-0.1, -0.05) is 0 Å². The van der Waals surface area contributed by atoms with E-state index in [0.29, 0.717) is 13.1 Å². The quantitative estimate of drug-likeness (QED) is 0.773. The number of likely N-dealkylation sites (N-methyl/N-ethyl adjacent to an activating group) is 1. The van der Waals surface area contributed by atoms with Crippen LogP contribution in [0.3, 0.4) is 0 Å². The van der Waals surface area contributed by atoms with Crippen LogP contribution in [0.25, 0.3) is 0 Å². The molecule has 1 saturated heterocycles. The summed E-state index contributed by atoms with van der Waals surface area (Å²) in [6.07, 6.45) is 2.04. The first-order valence-electron chi connectivity index (χ1n) is 6.29.